The average Bonchev–Trinajstić information content (AvgIpc) is 2.98. The highest BCUT2D eigenvalue weighted by atomic mass is 16.1. The van der Waals surface area contributed by atoms with Crippen LogP contribution in [0.1, 0.15) is 38.3 Å². The van der Waals surface area contributed by atoms with Crippen LogP contribution in [-0.4, -0.2) is 40.2 Å². The van der Waals surface area contributed by atoms with Crippen molar-refractivity contribution in [1.29, 1.82) is 0 Å². The number of hydrogen-bond acceptors (Lipinski definition) is 3. The Morgan fingerprint density at radius 3 is 2.79 bits per heavy atom. The van der Waals surface area contributed by atoms with Crippen molar-refractivity contribution in [3.05, 3.63) is 11.8 Å². The van der Waals surface area contributed by atoms with Crippen molar-refractivity contribution in [3.8, 4) is 0 Å². The van der Waals surface area contributed by atoms with Crippen LogP contribution in [0.5, 0.6) is 0 Å². The van der Waals surface area contributed by atoms with Crippen molar-refractivity contribution >= 4 is 11.7 Å². The van der Waals surface area contributed by atoms with E-state index < -0.39 is 0 Å². The van der Waals surface area contributed by atoms with Crippen LogP contribution in [0.25, 0.3) is 0 Å². The molecule has 1 aliphatic heterocycles. The lowest BCUT2D eigenvalue weighted by Gasteiger charge is -2.14. The fourth-order valence-corrected chi connectivity index (χ4v) is 2.50. The van der Waals surface area contributed by atoms with Crippen molar-refractivity contribution < 1.29 is 4.79 Å². The fourth-order valence-electron chi connectivity index (χ4n) is 2.50. The van der Waals surface area contributed by atoms with Crippen LogP contribution >= 0.6 is 0 Å². The molecule has 19 heavy (non-hydrogen) atoms. The van der Waals surface area contributed by atoms with Crippen LogP contribution in [0.2, 0.25) is 0 Å². The largest absolute Gasteiger partial charge is 0.311 e. The molecule has 1 N–H and O–H groups in total. The Kier molecular flexibility index (Phi) is 4.96. The van der Waals surface area contributed by atoms with Gasteiger partial charge in [0, 0.05) is 25.6 Å². The van der Waals surface area contributed by atoms with E-state index in [1.54, 1.807) is 0 Å². The lowest BCUT2D eigenvalue weighted by atomic mass is 10.3. The summed E-state index contributed by atoms with van der Waals surface area (Å²) in [6, 6.07) is 1.93. The summed E-state index contributed by atoms with van der Waals surface area (Å²) >= 11 is 0. The van der Waals surface area contributed by atoms with Gasteiger partial charge in [0.15, 0.2) is 0 Å². The van der Waals surface area contributed by atoms with Crippen LogP contribution < -0.4 is 5.32 Å². The molecule has 0 bridgehead atoms. The molecular formula is C14H24N4O. The molecule has 2 heterocycles. The van der Waals surface area contributed by atoms with Gasteiger partial charge in [-0.25, -0.2) is 4.68 Å². The molecule has 0 atom stereocenters. The fraction of sp³-hybridized carbons (Fsp3) is 0.714. The Morgan fingerprint density at radius 2 is 2.11 bits per heavy atom. The van der Waals surface area contributed by atoms with E-state index in [1.807, 2.05) is 17.7 Å². The van der Waals surface area contributed by atoms with Crippen molar-refractivity contribution in [1.82, 2.24) is 14.7 Å². The van der Waals surface area contributed by atoms with Gasteiger partial charge in [0.25, 0.3) is 0 Å². The summed E-state index contributed by atoms with van der Waals surface area (Å²) in [7, 11) is 0. The maximum absolute atomic E-state index is 12.0. The summed E-state index contributed by atoms with van der Waals surface area (Å²) in [5.41, 5.74) is 0.947. The molecule has 5 nitrogen and oxygen atoms in total. The number of carbonyl (C=O) groups is 1. The molecule has 1 aromatic heterocycles. The number of aryl methyl sites for hydroxylation is 2. The van der Waals surface area contributed by atoms with Gasteiger partial charge in [-0.2, -0.15) is 5.10 Å². The second-order valence-electron chi connectivity index (χ2n) is 5.24. The number of nitrogens with zero attached hydrogens (tertiary/aromatic N) is 3. The minimum atomic E-state index is 0.0872. The van der Waals surface area contributed by atoms with Gasteiger partial charge in [0.2, 0.25) is 5.91 Å². The molecule has 1 saturated heterocycles. The zero-order valence-electron chi connectivity index (χ0n) is 12.0. The van der Waals surface area contributed by atoms with Gasteiger partial charge in [-0.05, 0) is 39.3 Å². The van der Waals surface area contributed by atoms with Gasteiger partial charge < -0.3 is 10.2 Å². The Labute approximate surface area is 115 Å². The topological polar surface area (TPSA) is 50.2 Å². The Hall–Kier alpha value is -1.36. The summed E-state index contributed by atoms with van der Waals surface area (Å²) in [6.07, 6.45) is 4.11. The van der Waals surface area contributed by atoms with Crippen LogP contribution in [-0.2, 0) is 11.3 Å². The van der Waals surface area contributed by atoms with Gasteiger partial charge in [0.05, 0.1) is 5.69 Å². The van der Waals surface area contributed by atoms with E-state index in [0.717, 1.165) is 44.1 Å². The van der Waals surface area contributed by atoms with Crippen molar-refractivity contribution in [2.45, 2.75) is 46.1 Å². The molecule has 1 aliphatic rings. The second kappa shape index (κ2) is 6.70. The highest BCUT2D eigenvalue weighted by Gasteiger charge is 2.14. The molecule has 0 aliphatic carbocycles. The summed E-state index contributed by atoms with van der Waals surface area (Å²) in [6.45, 7) is 8.05. The first-order chi connectivity index (χ1) is 9.19. The van der Waals surface area contributed by atoms with Crippen LogP contribution in [0, 0.1) is 6.92 Å². The van der Waals surface area contributed by atoms with Gasteiger partial charge >= 0.3 is 0 Å². The van der Waals surface area contributed by atoms with E-state index in [1.165, 1.54) is 12.8 Å². The number of likely N-dealkylation sites (tertiary alicyclic amines) is 1. The zero-order valence-corrected chi connectivity index (χ0v) is 12.0. The number of hydrogen-bond donors (Lipinski definition) is 1. The molecule has 2 rings (SSSR count). The molecule has 0 saturated carbocycles. The summed E-state index contributed by atoms with van der Waals surface area (Å²) in [5, 5.41) is 7.36. The highest BCUT2D eigenvalue weighted by Crippen LogP contribution is 2.12. The van der Waals surface area contributed by atoms with Gasteiger partial charge in [0.1, 0.15) is 5.82 Å². The van der Waals surface area contributed by atoms with E-state index in [2.05, 4.69) is 22.2 Å². The standard InChI is InChI=1S/C14H24N4O/c1-3-7-18-13(11-12(2)16-18)15-14(19)6-10-17-8-4-5-9-17/h11H,3-10H2,1-2H3,(H,15,19). The molecule has 5 heteroatoms. The molecule has 1 aromatic rings. The normalized spacial score (nSPS) is 15.9. The minimum absolute atomic E-state index is 0.0872. The van der Waals surface area contributed by atoms with E-state index >= 15 is 0 Å². The maximum Gasteiger partial charge on any atom is 0.226 e. The molecule has 0 unspecified atom stereocenters. The molecule has 106 valence electrons. The third-order valence-corrected chi connectivity index (χ3v) is 3.46. The number of aromatic nitrogens is 2. The first-order valence-corrected chi connectivity index (χ1v) is 7.25. The molecule has 1 fully saturated rings. The minimum Gasteiger partial charge on any atom is -0.311 e. The first kappa shape index (κ1) is 14.1. The lowest BCUT2D eigenvalue weighted by molar-refractivity contribution is -0.116. The van der Waals surface area contributed by atoms with Crippen molar-refractivity contribution in [2.24, 2.45) is 0 Å². The number of anilines is 1. The van der Waals surface area contributed by atoms with Crippen molar-refractivity contribution in [2.75, 3.05) is 25.0 Å². The molecular weight excluding hydrogens is 240 g/mol. The predicted molar refractivity (Wildman–Crippen MR) is 76.2 cm³/mol. The number of rotatable bonds is 6. The van der Waals surface area contributed by atoms with E-state index in [0.29, 0.717) is 6.42 Å². The van der Waals surface area contributed by atoms with Crippen LogP contribution in [0.4, 0.5) is 5.82 Å². The highest BCUT2D eigenvalue weighted by molar-refractivity contribution is 5.90. The van der Waals surface area contributed by atoms with Crippen LogP contribution in [0.3, 0.4) is 0 Å². The average molecular weight is 264 g/mol. The summed E-state index contributed by atoms with van der Waals surface area (Å²) in [5.74, 6) is 0.912. The monoisotopic (exact) mass is 264 g/mol. The zero-order chi connectivity index (χ0) is 13.7. The van der Waals surface area contributed by atoms with Gasteiger partial charge in [-0.1, -0.05) is 6.92 Å². The van der Waals surface area contributed by atoms with Crippen LogP contribution in [0.15, 0.2) is 6.07 Å². The summed E-state index contributed by atoms with van der Waals surface area (Å²) < 4.78 is 1.88. The molecule has 0 radical (unpaired) electrons. The third kappa shape index (κ3) is 4.06. The van der Waals surface area contributed by atoms with E-state index in [-0.39, 0.29) is 5.91 Å². The van der Waals surface area contributed by atoms with E-state index in [9.17, 15) is 4.79 Å². The number of amides is 1. The Morgan fingerprint density at radius 1 is 1.37 bits per heavy atom. The molecule has 1 amide bonds. The number of nitrogens with one attached hydrogen (secondary N) is 1. The number of carbonyl (C=O) groups excluding carboxylic acids is 1. The van der Waals surface area contributed by atoms with E-state index in [4.69, 9.17) is 0 Å². The first-order valence-electron chi connectivity index (χ1n) is 7.25. The predicted octanol–water partition coefficient (Wildman–Crippen LogP) is 2.03. The molecule has 0 aromatic carbocycles. The van der Waals surface area contributed by atoms with Gasteiger partial charge in [-0.3, -0.25) is 4.79 Å². The SMILES string of the molecule is CCCn1nc(C)cc1NC(=O)CCN1CCCC1. The maximum atomic E-state index is 12.0. The Bertz CT molecular complexity index is 421. The summed E-state index contributed by atoms with van der Waals surface area (Å²) in [4.78, 5) is 14.3. The van der Waals surface area contributed by atoms with Gasteiger partial charge in [-0.15, -0.1) is 0 Å². The quantitative estimate of drug-likeness (QED) is 0.855. The Balaban J connectivity index is 1.83. The molecule has 0 spiro atoms. The third-order valence-electron chi connectivity index (χ3n) is 3.46. The lowest BCUT2D eigenvalue weighted by Crippen LogP contribution is -2.25. The van der Waals surface area contributed by atoms with Crippen molar-refractivity contribution in [3.63, 3.8) is 0 Å². The second-order valence-corrected chi connectivity index (χ2v) is 5.24. The smallest absolute Gasteiger partial charge is 0.226 e.